The zero-order chi connectivity index (χ0) is 29.9. The van der Waals surface area contributed by atoms with Gasteiger partial charge in [-0.05, 0) is 141 Å². The molecule has 0 bridgehead atoms. The first kappa shape index (κ1) is 32.5. The first-order valence-electron chi connectivity index (χ1n) is 18.7. The van der Waals surface area contributed by atoms with Gasteiger partial charge >= 0.3 is 0 Å². The summed E-state index contributed by atoms with van der Waals surface area (Å²) in [6.45, 7) is 4.57. The lowest BCUT2D eigenvalue weighted by atomic mass is 9.70. The lowest BCUT2D eigenvalue weighted by molar-refractivity contribution is 0.220. The molecule has 0 radical (unpaired) electrons. The van der Waals surface area contributed by atoms with E-state index in [-0.39, 0.29) is 5.82 Å². The van der Waals surface area contributed by atoms with Crippen LogP contribution in [0.5, 0.6) is 0 Å². The van der Waals surface area contributed by atoms with Gasteiger partial charge in [-0.1, -0.05) is 108 Å². The van der Waals surface area contributed by atoms with E-state index in [1.54, 1.807) is 5.56 Å². The highest BCUT2D eigenvalue weighted by atomic mass is 19.1. The third kappa shape index (κ3) is 9.31. The minimum Gasteiger partial charge on any atom is -0.206 e. The van der Waals surface area contributed by atoms with Crippen LogP contribution in [0.25, 0.3) is 5.57 Å². The summed E-state index contributed by atoms with van der Waals surface area (Å²) in [6.07, 6.45) is 29.9. The molecule has 5 rings (SSSR count). The Hall–Kier alpha value is -1.89. The fraction of sp³-hybridized carbons (Fsp3) is 0.667. The molecule has 3 aliphatic carbocycles. The average Bonchev–Trinajstić information content (AvgIpc) is 3.06. The third-order valence-corrected chi connectivity index (χ3v) is 11.8. The van der Waals surface area contributed by atoms with Crippen molar-refractivity contribution in [1.82, 2.24) is 0 Å². The summed E-state index contributed by atoms with van der Waals surface area (Å²) >= 11 is 0. The number of benzene rings is 2. The molecule has 0 aromatic heterocycles. The number of unbranched alkanes of at least 4 members (excludes halogenated alkanes) is 6. The van der Waals surface area contributed by atoms with Crippen LogP contribution in [0.15, 0.2) is 48.5 Å². The minimum atomic E-state index is 0.0251. The first-order valence-corrected chi connectivity index (χ1v) is 18.7. The van der Waals surface area contributed by atoms with Gasteiger partial charge in [-0.25, -0.2) is 4.39 Å². The average molecular weight is 585 g/mol. The highest BCUT2D eigenvalue weighted by Crippen LogP contribution is 2.44. The van der Waals surface area contributed by atoms with Gasteiger partial charge in [0.1, 0.15) is 5.82 Å². The lowest BCUT2D eigenvalue weighted by Crippen LogP contribution is -2.22. The van der Waals surface area contributed by atoms with Gasteiger partial charge in [-0.15, -0.1) is 0 Å². The Morgan fingerprint density at radius 3 is 1.95 bits per heavy atom. The summed E-state index contributed by atoms with van der Waals surface area (Å²) in [5.74, 6) is 3.87. The maximum atomic E-state index is 15.5. The van der Waals surface area contributed by atoms with Gasteiger partial charge in [0.25, 0.3) is 0 Å². The molecule has 0 spiro atoms. The summed E-state index contributed by atoms with van der Waals surface area (Å²) in [5, 5.41) is 0. The van der Waals surface area contributed by atoms with Crippen molar-refractivity contribution < 1.29 is 4.39 Å². The van der Waals surface area contributed by atoms with Crippen molar-refractivity contribution in [3.8, 4) is 0 Å². The second-order valence-corrected chi connectivity index (χ2v) is 14.7. The topological polar surface area (TPSA) is 0 Å². The van der Waals surface area contributed by atoms with Crippen molar-refractivity contribution in [2.24, 2.45) is 17.8 Å². The normalized spacial score (nSPS) is 26.3. The van der Waals surface area contributed by atoms with E-state index in [2.05, 4.69) is 56.3 Å². The Kier molecular flexibility index (Phi) is 12.8. The van der Waals surface area contributed by atoms with Gasteiger partial charge in [0.2, 0.25) is 0 Å². The molecule has 0 aliphatic heterocycles. The van der Waals surface area contributed by atoms with Crippen LogP contribution in [0.3, 0.4) is 0 Å². The molecule has 2 aromatic carbocycles. The Labute approximate surface area is 264 Å². The minimum absolute atomic E-state index is 0.0251. The molecule has 43 heavy (non-hydrogen) atoms. The van der Waals surface area contributed by atoms with E-state index in [4.69, 9.17) is 0 Å². The molecule has 1 heteroatoms. The maximum Gasteiger partial charge on any atom is 0.130 e. The van der Waals surface area contributed by atoms with E-state index in [1.165, 1.54) is 139 Å². The van der Waals surface area contributed by atoms with Crippen LogP contribution in [-0.2, 0) is 6.42 Å². The summed E-state index contributed by atoms with van der Waals surface area (Å²) in [5.41, 5.74) is 6.46. The molecule has 2 saturated carbocycles. The zero-order valence-electron chi connectivity index (χ0n) is 27.7. The molecule has 2 fully saturated rings. The van der Waals surface area contributed by atoms with Gasteiger partial charge in [-0.3, -0.25) is 0 Å². The number of aryl methyl sites for hydroxylation is 1. The quantitative estimate of drug-likeness (QED) is 0.194. The molecule has 1 atom stereocenters. The van der Waals surface area contributed by atoms with Crippen LogP contribution < -0.4 is 0 Å². The monoisotopic (exact) mass is 584 g/mol. The Morgan fingerprint density at radius 1 is 0.628 bits per heavy atom. The fourth-order valence-electron chi connectivity index (χ4n) is 8.85. The highest BCUT2D eigenvalue weighted by Gasteiger charge is 2.30. The van der Waals surface area contributed by atoms with Crippen molar-refractivity contribution >= 4 is 5.57 Å². The van der Waals surface area contributed by atoms with Crippen LogP contribution >= 0.6 is 0 Å². The summed E-state index contributed by atoms with van der Waals surface area (Å²) in [6, 6.07) is 15.9. The summed E-state index contributed by atoms with van der Waals surface area (Å²) in [7, 11) is 0. The molecule has 0 N–H and O–H groups in total. The van der Waals surface area contributed by atoms with E-state index in [0.717, 1.165) is 42.1 Å². The van der Waals surface area contributed by atoms with Crippen LogP contribution in [0.4, 0.5) is 4.39 Å². The number of allylic oxidation sites excluding steroid dienone is 2. The number of hydrogen-bond acceptors (Lipinski definition) is 0. The Bertz CT molecular complexity index is 1110. The second-order valence-electron chi connectivity index (χ2n) is 14.7. The molecule has 236 valence electrons. The predicted molar refractivity (Wildman–Crippen MR) is 184 cm³/mol. The van der Waals surface area contributed by atoms with E-state index in [0.29, 0.717) is 5.92 Å². The van der Waals surface area contributed by atoms with E-state index >= 15 is 4.39 Å². The predicted octanol–water partition coefficient (Wildman–Crippen LogP) is 13.4. The van der Waals surface area contributed by atoms with Crippen molar-refractivity contribution in [3.05, 3.63) is 76.6 Å². The van der Waals surface area contributed by atoms with Crippen molar-refractivity contribution in [3.63, 3.8) is 0 Å². The SMILES string of the molecule is CCCCCCCC1CCC(c2ccc(C3=CCC(C4CCC(c5ccc(CCCCC)cc5)CC4)CC3)c(F)c2)CC1. The maximum absolute atomic E-state index is 15.5. The number of halogens is 1. The highest BCUT2D eigenvalue weighted by molar-refractivity contribution is 5.67. The van der Waals surface area contributed by atoms with Crippen LogP contribution in [-0.4, -0.2) is 0 Å². The standard InChI is InChI=1S/C42H61F/c1-3-5-7-8-10-12-33-15-19-38(20-16-33)40-29-30-41(42(43)31-40)39-27-25-37(26-28-39)36-23-21-35(22-24-36)34-17-13-32(14-18-34)11-9-6-4-2/h13-14,17-18,27,29-31,33,35-38H,3-12,15-16,19-26,28H2,1-2H3. The molecular formula is C42H61F. The molecule has 0 amide bonds. The smallest absolute Gasteiger partial charge is 0.130 e. The van der Waals surface area contributed by atoms with Gasteiger partial charge in [-0.2, -0.15) is 0 Å². The molecule has 3 aliphatic rings. The summed E-state index contributed by atoms with van der Waals surface area (Å²) in [4.78, 5) is 0. The van der Waals surface area contributed by atoms with Crippen LogP contribution in [0, 0.1) is 23.6 Å². The van der Waals surface area contributed by atoms with Crippen LogP contribution in [0.1, 0.15) is 176 Å². The Morgan fingerprint density at radius 2 is 1.28 bits per heavy atom. The van der Waals surface area contributed by atoms with E-state index in [9.17, 15) is 0 Å². The summed E-state index contributed by atoms with van der Waals surface area (Å²) < 4.78 is 15.5. The number of rotatable bonds is 14. The van der Waals surface area contributed by atoms with Crippen molar-refractivity contribution in [2.45, 2.75) is 161 Å². The zero-order valence-corrected chi connectivity index (χ0v) is 27.7. The molecule has 0 heterocycles. The fourth-order valence-corrected chi connectivity index (χ4v) is 8.85. The van der Waals surface area contributed by atoms with E-state index < -0.39 is 0 Å². The van der Waals surface area contributed by atoms with Gasteiger partial charge in [0.05, 0.1) is 0 Å². The molecular weight excluding hydrogens is 523 g/mol. The molecule has 0 nitrogen and oxygen atoms in total. The molecule has 1 unspecified atom stereocenters. The van der Waals surface area contributed by atoms with Crippen molar-refractivity contribution in [1.29, 1.82) is 0 Å². The van der Waals surface area contributed by atoms with Gasteiger partial charge in [0, 0.05) is 5.56 Å². The van der Waals surface area contributed by atoms with Crippen LogP contribution in [0.2, 0.25) is 0 Å². The molecule has 2 aromatic rings. The van der Waals surface area contributed by atoms with Crippen molar-refractivity contribution in [2.75, 3.05) is 0 Å². The number of hydrogen-bond donors (Lipinski definition) is 0. The largest absolute Gasteiger partial charge is 0.206 e. The Balaban J connectivity index is 1.05. The second kappa shape index (κ2) is 17.0. The van der Waals surface area contributed by atoms with Gasteiger partial charge in [0.15, 0.2) is 0 Å². The van der Waals surface area contributed by atoms with E-state index in [1.807, 2.05) is 6.07 Å². The first-order chi connectivity index (χ1) is 21.1. The van der Waals surface area contributed by atoms with Gasteiger partial charge < -0.3 is 0 Å². The third-order valence-electron chi connectivity index (χ3n) is 11.8. The lowest BCUT2D eigenvalue weighted by Gasteiger charge is -2.36. The molecule has 0 saturated heterocycles.